The second kappa shape index (κ2) is 9.13. The van der Waals surface area contributed by atoms with Gasteiger partial charge in [0, 0.05) is 20.2 Å². The molecule has 0 N–H and O–H groups in total. The number of hydrogen-bond donors (Lipinski definition) is 0. The molecule has 1 unspecified atom stereocenters. The maximum absolute atomic E-state index is 11.0. The quantitative estimate of drug-likeness (QED) is 0.272. The Labute approximate surface area is 86.1 Å². The van der Waals surface area contributed by atoms with Crippen LogP contribution in [0.3, 0.4) is 0 Å². The Morgan fingerprint density at radius 3 is 2.86 bits per heavy atom. The zero-order valence-corrected chi connectivity index (χ0v) is 9.59. The monoisotopic (exact) mass is 220 g/mol. The predicted octanol–water partition coefficient (Wildman–Crippen LogP) is 2.10. The lowest BCUT2D eigenvalue weighted by Crippen LogP contribution is -2.05. The molecule has 0 amide bonds. The van der Waals surface area contributed by atoms with Gasteiger partial charge in [0.2, 0.25) is 0 Å². The third-order valence-electron chi connectivity index (χ3n) is 1.42. The zero-order chi connectivity index (χ0) is 10.8. The summed E-state index contributed by atoms with van der Waals surface area (Å²) in [6.45, 7) is 6.12. The van der Waals surface area contributed by atoms with Gasteiger partial charge in [-0.1, -0.05) is 12.7 Å². The van der Waals surface area contributed by atoms with Gasteiger partial charge in [-0.3, -0.25) is 4.79 Å². The van der Waals surface area contributed by atoms with E-state index in [0.29, 0.717) is 19.4 Å². The van der Waals surface area contributed by atoms with E-state index in [1.54, 1.807) is 13.2 Å². The molecule has 82 valence electrons. The lowest BCUT2D eigenvalue weighted by molar-refractivity contribution is -0.142. The number of esters is 1. The SMILES string of the molecule is C=CCOC(=O)CCCOP(C)OC. The van der Waals surface area contributed by atoms with Crippen LogP contribution >= 0.6 is 8.38 Å². The Morgan fingerprint density at radius 1 is 1.57 bits per heavy atom. The first-order valence-electron chi connectivity index (χ1n) is 4.38. The van der Waals surface area contributed by atoms with E-state index in [-0.39, 0.29) is 12.6 Å². The number of rotatable bonds is 8. The number of ether oxygens (including phenoxy) is 1. The van der Waals surface area contributed by atoms with Crippen LogP contribution in [0.25, 0.3) is 0 Å². The molecule has 0 fully saturated rings. The van der Waals surface area contributed by atoms with Gasteiger partial charge < -0.3 is 13.8 Å². The molecule has 0 aromatic heterocycles. The second-order valence-corrected chi connectivity index (χ2v) is 4.03. The highest BCUT2D eigenvalue weighted by molar-refractivity contribution is 7.46. The van der Waals surface area contributed by atoms with Gasteiger partial charge in [0.1, 0.15) is 6.61 Å². The average Bonchev–Trinajstić information content (AvgIpc) is 2.21. The topological polar surface area (TPSA) is 44.8 Å². The highest BCUT2D eigenvalue weighted by Crippen LogP contribution is 2.31. The minimum atomic E-state index is -0.788. The lowest BCUT2D eigenvalue weighted by Gasteiger charge is -2.08. The number of hydrogen-bond acceptors (Lipinski definition) is 4. The first kappa shape index (κ1) is 13.6. The Balaban J connectivity index is 3.26. The fourth-order valence-electron chi connectivity index (χ4n) is 0.686. The first-order chi connectivity index (χ1) is 6.70. The van der Waals surface area contributed by atoms with Crippen molar-refractivity contribution >= 4 is 14.3 Å². The van der Waals surface area contributed by atoms with E-state index < -0.39 is 8.38 Å². The second-order valence-electron chi connectivity index (χ2n) is 2.53. The van der Waals surface area contributed by atoms with Gasteiger partial charge in [-0.25, -0.2) is 0 Å². The van der Waals surface area contributed by atoms with Gasteiger partial charge in [-0.15, -0.1) is 0 Å². The smallest absolute Gasteiger partial charge is 0.306 e. The Morgan fingerprint density at radius 2 is 2.29 bits per heavy atom. The van der Waals surface area contributed by atoms with Crippen molar-refractivity contribution in [3.05, 3.63) is 12.7 Å². The molecule has 0 radical (unpaired) electrons. The maximum Gasteiger partial charge on any atom is 0.306 e. The van der Waals surface area contributed by atoms with Crippen LogP contribution in [0.4, 0.5) is 0 Å². The van der Waals surface area contributed by atoms with E-state index in [1.807, 2.05) is 6.66 Å². The minimum Gasteiger partial charge on any atom is -0.461 e. The van der Waals surface area contributed by atoms with Crippen molar-refractivity contribution in [1.29, 1.82) is 0 Å². The molecule has 5 heteroatoms. The largest absolute Gasteiger partial charge is 0.461 e. The van der Waals surface area contributed by atoms with Crippen molar-refractivity contribution in [1.82, 2.24) is 0 Å². The van der Waals surface area contributed by atoms with Crippen molar-refractivity contribution in [2.24, 2.45) is 0 Å². The predicted molar refractivity (Wildman–Crippen MR) is 56.2 cm³/mol. The molecular formula is C9H17O4P. The molecule has 14 heavy (non-hydrogen) atoms. The van der Waals surface area contributed by atoms with Crippen molar-refractivity contribution < 1.29 is 18.6 Å². The van der Waals surface area contributed by atoms with Crippen LogP contribution in [-0.2, 0) is 18.6 Å². The van der Waals surface area contributed by atoms with Crippen LogP contribution in [0.5, 0.6) is 0 Å². The first-order valence-corrected chi connectivity index (χ1v) is 6.00. The summed E-state index contributed by atoms with van der Waals surface area (Å²) in [6, 6.07) is 0. The summed E-state index contributed by atoms with van der Waals surface area (Å²) in [5, 5.41) is 0. The third-order valence-corrected chi connectivity index (χ3v) is 2.48. The van der Waals surface area contributed by atoms with Crippen LogP contribution in [0.15, 0.2) is 12.7 Å². The normalized spacial score (nSPS) is 12.1. The molecule has 0 aromatic rings. The van der Waals surface area contributed by atoms with E-state index in [2.05, 4.69) is 6.58 Å². The van der Waals surface area contributed by atoms with E-state index in [1.165, 1.54) is 0 Å². The Bertz CT molecular complexity index is 172. The lowest BCUT2D eigenvalue weighted by atomic mass is 10.3. The number of carbonyl (C=O) groups is 1. The van der Waals surface area contributed by atoms with E-state index in [0.717, 1.165) is 0 Å². The molecule has 1 atom stereocenters. The van der Waals surface area contributed by atoms with Gasteiger partial charge in [0.05, 0.1) is 6.61 Å². The number of carbonyl (C=O) groups excluding carboxylic acids is 1. The van der Waals surface area contributed by atoms with Gasteiger partial charge in [0.25, 0.3) is 0 Å². The Hall–Kier alpha value is -0.440. The fraction of sp³-hybridized carbons (Fsp3) is 0.667. The van der Waals surface area contributed by atoms with Gasteiger partial charge >= 0.3 is 5.97 Å². The minimum absolute atomic E-state index is 0.216. The molecule has 0 aliphatic rings. The van der Waals surface area contributed by atoms with Crippen LogP contribution in [-0.4, -0.2) is 33.0 Å². The van der Waals surface area contributed by atoms with Crippen molar-refractivity contribution in [2.75, 3.05) is 27.0 Å². The Kier molecular flexibility index (Phi) is 8.84. The van der Waals surface area contributed by atoms with E-state index >= 15 is 0 Å². The van der Waals surface area contributed by atoms with Crippen molar-refractivity contribution in [3.8, 4) is 0 Å². The summed E-state index contributed by atoms with van der Waals surface area (Å²) < 4.78 is 15.0. The fourth-order valence-corrected chi connectivity index (χ4v) is 1.18. The third kappa shape index (κ3) is 8.17. The van der Waals surface area contributed by atoms with E-state index in [4.69, 9.17) is 13.8 Å². The molecule has 0 spiro atoms. The zero-order valence-electron chi connectivity index (χ0n) is 8.69. The standard InChI is InChI=1S/C9H17O4P/c1-4-7-12-9(10)6-5-8-13-14(3)11-2/h4H,1,5-8H2,2-3H3. The van der Waals surface area contributed by atoms with Gasteiger partial charge in [-0.05, 0) is 6.42 Å². The highest BCUT2D eigenvalue weighted by atomic mass is 31.2. The summed E-state index contributed by atoms with van der Waals surface area (Å²) in [7, 11) is 0.813. The molecule has 0 aromatic carbocycles. The molecule has 0 saturated heterocycles. The molecular weight excluding hydrogens is 203 g/mol. The summed E-state index contributed by atoms with van der Waals surface area (Å²) in [6.07, 6.45) is 2.58. The van der Waals surface area contributed by atoms with Gasteiger partial charge in [0.15, 0.2) is 8.38 Å². The summed E-state index contributed by atoms with van der Waals surface area (Å²) in [4.78, 5) is 11.0. The summed E-state index contributed by atoms with van der Waals surface area (Å²) in [5.74, 6) is -0.216. The van der Waals surface area contributed by atoms with Crippen LogP contribution in [0.2, 0.25) is 0 Å². The highest BCUT2D eigenvalue weighted by Gasteiger charge is 2.03. The van der Waals surface area contributed by atoms with E-state index in [9.17, 15) is 4.79 Å². The van der Waals surface area contributed by atoms with Crippen LogP contribution in [0.1, 0.15) is 12.8 Å². The molecule has 0 rings (SSSR count). The summed E-state index contributed by atoms with van der Waals surface area (Å²) >= 11 is 0. The maximum atomic E-state index is 11.0. The van der Waals surface area contributed by atoms with Crippen molar-refractivity contribution in [3.63, 3.8) is 0 Å². The van der Waals surface area contributed by atoms with Crippen LogP contribution in [0, 0.1) is 0 Å². The molecule has 0 aliphatic carbocycles. The molecule has 0 saturated carbocycles. The molecule has 0 bridgehead atoms. The van der Waals surface area contributed by atoms with Crippen LogP contribution < -0.4 is 0 Å². The average molecular weight is 220 g/mol. The summed E-state index contributed by atoms with van der Waals surface area (Å²) in [5.41, 5.74) is 0. The molecule has 0 aliphatic heterocycles. The molecule has 4 nitrogen and oxygen atoms in total. The van der Waals surface area contributed by atoms with Gasteiger partial charge in [-0.2, -0.15) is 0 Å². The molecule has 0 heterocycles. The van der Waals surface area contributed by atoms with Crippen molar-refractivity contribution in [2.45, 2.75) is 12.8 Å².